The van der Waals surface area contributed by atoms with Gasteiger partial charge in [0.15, 0.2) is 5.79 Å². The maximum absolute atomic E-state index is 11.9. The van der Waals surface area contributed by atoms with E-state index in [9.17, 15) is 9.90 Å². The van der Waals surface area contributed by atoms with Crippen molar-refractivity contribution in [3.8, 4) is 0 Å². The molecule has 1 saturated carbocycles. The molecule has 0 bridgehead atoms. The van der Waals surface area contributed by atoms with E-state index in [0.717, 1.165) is 25.7 Å². The van der Waals surface area contributed by atoms with Crippen LogP contribution in [-0.4, -0.2) is 64.3 Å². The Hall–Kier alpha value is -0.690. The molecule has 3 heterocycles. The van der Waals surface area contributed by atoms with Gasteiger partial charge in [0, 0.05) is 25.9 Å². The lowest BCUT2D eigenvalue weighted by atomic mass is 9.94. The summed E-state index contributed by atoms with van der Waals surface area (Å²) in [6.07, 6.45) is 5.83. The highest BCUT2D eigenvalue weighted by atomic mass is 16.8. The lowest BCUT2D eigenvalue weighted by Gasteiger charge is -2.39. The van der Waals surface area contributed by atoms with Crippen molar-refractivity contribution in [3.63, 3.8) is 0 Å². The molecule has 0 aromatic carbocycles. The average molecular weight is 313 g/mol. The molecular formula is C16H27NO5. The van der Waals surface area contributed by atoms with Crippen molar-refractivity contribution in [2.75, 3.05) is 13.2 Å². The summed E-state index contributed by atoms with van der Waals surface area (Å²) in [5, 5.41) is 17.8. The number of carbonyl (C=O) groups is 1. The van der Waals surface area contributed by atoms with Gasteiger partial charge in [0.1, 0.15) is 12.2 Å². The van der Waals surface area contributed by atoms with E-state index >= 15 is 0 Å². The lowest BCUT2D eigenvalue weighted by molar-refractivity contribution is -0.211. The summed E-state index contributed by atoms with van der Waals surface area (Å²) in [5.41, 5.74) is 0. The van der Waals surface area contributed by atoms with Gasteiger partial charge in [-0.3, -0.25) is 4.79 Å². The Kier molecular flexibility index (Phi) is 4.73. The molecule has 6 heteroatoms. The Bertz CT molecular complexity index is 409. The smallest absolute Gasteiger partial charge is 0.223 e. The molecule has 4 rings (SSSR count). The van der Waals surface area contributed by atoms with Crippen molar-refractivity contribution < 1.29 is 24.5 Å². The van der Waals surface area contributed by atoms with Crippen molar-refractivity contribution in [2.24, 2.45) is 0 Å². The van der Waals surface area contributed by atoms with Crippen LogP contribution in [-0.2, 0) is 14.3 Å². The second kappa shape index (κ2) is 6.43. The number of fused-ring (bicyclic) bond motifs is 3. The Labute approximate surface area is 131 Å². The lowest BCUT2D eigenvalue weighted by Crippen LogP contribution is -2.53. The standard InChI is InChI=1S/C14H21NO4.C2H6O/c16-9-4-5-11(17)15-8-10-13(12(9)15)19-14(18-10)6-2-1-3-7-14;1-2-3/h9-10,12-13,16H,1-8H2;3H,2H2,1H3/t9-,10?,12?,13?;/m1./s1. The maximum Gasteiger partial charge on any atom is 0.223 e. The van der Waals surface area contributed by atoms with Crippen LogP contribution >= 0.6 is 0 Å². The molecule has 22 heavy (non-hydrogen) atoms. The Morgan fingerprint density at radius 2 is 1.95 bits per heavy atom. The fourth-order valence-corrected chi connectivity index (χ4v) is 4.22. The van der Waals surface area contributed by atoms with Crippen molar-refractivity contribution in [3.05, 3.63) is 0 Å². The zero-order valence-electron chi connectivity index (χ0n) is 13.2. The van der Waals surface area contributed by atoms with E-state index in [-0.39, 0.29) is 30.8 Å². The molecule has 2 N–H and O–H groups in total. The fraction of sp³-hybridized carbons (Fsp3) is 0.938. The fourth-order valence-electron chi connectivity index (χ4n) is 4.22. The quantitative estimate of drug-likeness (QED) is 0.691. The van der Waals surface area contributed by atoms with Crippen LogP contribution in [0.25, 0.3) is 0 Å². The first kappa shape index (κ1) is 16.2. The summed E-state index contributed by atoms with van der Waals surface area (Å²) in [6.45, 7) is 2.52. The Morgan fingerprint density at radius 1 is 1.27 bits per heavy atom. The van der Waals surface area contributed by atoms with Gasteiger partial charge in [-0.05, 0) is 26.2 Å². The second-order valence-corrected chi connectivity index (χ2v) is 6.67. The summed E-state index contributed by atoms with van der Waals surface area (Å²) in [6, 6.07) is -0.187. The number of rotatable bonds is 0. The van der Waals surface area contributed by atoms with E-state index in [2.05, 4.69) is 0 Å². The van der Waals surface area contributed by atoms with Crippen molar-refractivity contribution in [1.82, 2.24) is 4.90 Å². The number of aliphatic hydroxyl groups is 2. The first-order valence-electron chi connectivity index (χ1n) is 8.54. The van der Waals surface area contributed by atoms with Crippen molar-refractivity contribution >= 4 is 5.91 Å². The number of hydrogen-bond donors (Lipinski definition) is 2. The summed E-state index contributed by atoms with van der Waals surface area (Å²) < 4.78 is 12.4. The van der Waals surface area contributed by atoms with Crippen LogP contribution in [0.3, 0.4) is 0 Å². The molecule has 3 saturated heterocycles. The van der Waals surface area contributed by atoms with Crippen LogP contribution in [0, 0.1) is 0 Å². The molecule has 4 aliphatic rings. The van der Waals surface area contributed by atoms with E-state index in [1.807, 2.05) is 0 Å². The third-order valence-electron chi connectivity index (χ3n) is 5.14. The molecule has 4 atom stereocenters. The number of aliphatic hydroxyl groups excluding tert-OH is 2. The second-order valence-electron chi connectivity index (χ2n) is 6.67. The molecular weight excluding hydrogens is 286 g/mol. The number of carbonyl (C=O) groups excluding carboxylic acids is 1. The van der Waals surface area contributed by atoms with E-state index in [1.165, 1.54) is 6.42 Å². The van der Waals surface area contributed by atoms with Crippen molar-refractivity contribution in [1.29, 1.82) is 0 Å². The van der Waals surface area contributed by atoms with E-state index in [1.54, 1.807) is 11.8 Å². The van der Waals surface area contributed by atoms with E-state index < -0.39 is 11.9 Å². The molecule has 1 aliphatic carbocycles. The Morgan fingerprint density at radius 3 is 2.64 bits per heavy atom. The van der Waals surface area contributed by atoms with Gasteiger partial charge < -0.3 is 24.6 Å². The minimum atomic E-state index is -0.463. The molecule has 0 radical (unpaired) electrons. The SMILES string of the molecule is CCO.O=C1CC[C@@H](O)C2C3OC4(CCCCC4)OC3CN12. The van der Waals surface area contributed by atoms with Gasteiger partial charge in [-0.2, -0.15) is 0 Å². The predicted molar refractivity (Wildman–Crippen MR) is 79.1 cm³/mol. The van der Waals surface area contributed by atoms with Gasteiger partial charge >= 0.3 is 0 Å². The molecule has 0 aromatic heterocycles. The minimum absolute atomic E-state index is 0.0419. The summed E-state index contributed by atoms with van der Waals surface area (Å²) in [4.78, 5) is 13.7. The number of amides is 1. The molecule has 126 valence electrons. The van der Waals surface area contributed by atoms with E-state index in [0.29, 0.717) is 19.4 Å². The molecule has 1 amide bonds. The average Bonchev–Trinajstić information content (AvgIpc) is 2.99. The highest BCUT2D eigenvalue weighted by Gasteiger charge is 2.59. The monoisotopic (exact) mass is 313 g/mol. The third-order valence-corrected chi connectivity index (χ3v) is 5.14. The summed E-state index contributed by atoms with van der Waals surface area (Å²) >= 11 is 0. The summed E-state index contributed by atoms with van der Waals surface area (Å²) in [7, 11) is 0. The van der Waals surface area contributed by atoms with Crippen LogP contribution in [0.4, 0.5) is 0 Å². The van der Waals surface area contributed by atoms with Crippen molar-refractivity contribution in [2.45, 2.75) is 82.0 Å². The summed E-state index contributed by atoms with van der Waals surface area (Å²) in [5.74, 6) is -0.283. The van der Waals surface area contributed by atoms with Crippen LogP contribution in [0.15, 0.2) is 0 Å². The van der Waals surface area contributed by atoms with Gasteiger partial charge in [-0.1, -0.05) is 6.42 Å². The number of nitrogens with zero attached hydrogens (tertiary/aromatic N) is 1. The van der Waals surface area contributed by atoms with E-state index in [4.69, 9.17) is 14.6 Å². The molecule has 3 unspecified atom stereocenters. The number of hydrogen-bond acceptors (Lipinski definition) is 5. The van der Waals surface area contributed by atoms with Crippen LogP contribution < -0.4 is 0 Å². The first-order chi connectivity index (χ1) is 10.6. The van der Waals surface area contributed by atoms with Crippen LogP contribution in [0.5, 0.6) is 0 Å². The zero-order chi connectivity index (χ0) is 15.7. The predicted octanol–water partition coefficient (Wildman–Crippen LogP) is 0.795. The molecule has 1 spiro atoms. The highest BCUT2D eigenvalue weighted by Crippen LogP contribution is 2.46. The molecule has 3 aliphatic heterocycles. The van der Waals surface area contributed by atoms with Gasteiger partial charge in [0.25, 0.3) is 0 Å². The van der Waals surface area contributed by atoms with Gasteiger partial charge in [0.2, 0.25) is 5.91 Å². The van der Waals surface area contributed by atoms with Gasteiger partial charge in [0.05, 0.1) is 18.7 Å². The van der Waals surface area contributed by atoms with Crippen LogP contribution in [0.2, 0.25) is 0 Å². The zero-order valence-corrected chi connectivity index (χ0v) is 13.2. The van der Waals surface area contributed by atoms with Gasteiger partial charge in [-0.25, -0.2) is 0 Å². The topological polar surface area (TPSA) is 79.2 Å². The highest BCUT2D eigenvalue weighted by molar-refractivity contribution is 5.78. The van der Waals surface area contributed by atoms with Gasteiger partial charge in [-0.15, -0.1) is 0 Å². The number of ether oxygens (including phenoxy) is 2. The molecule has 6 nitrogen and oxygen atoms in total. The first-order valence-corrected chi connectivity index (χ1v) is 8.54. The maximum atomic E-state index is 11.9. The normalized spacial score (nSPS) is 39.2. The van der Waals surface area contributed by atoms with Crippen LogP contribution in [0.1, 0.15) is 51.9 Å². The molecule has 0 aromatic rings. The largest absolute Gasteiger partial charge is 0.397 e. The number of piperidine rings is 1. The Balaban J connectivity index is 0.000000446. The minimum Gasteiger partial charge on any atom is -0.397 e. The third kappa shape index (κ3) is 2.77. The molecule has 4 fully saturated rings.